The van der Waals surface area contributed by atoms with Crippen LogP contribution >= 0.6 is 27.3 Å². The van der Waals surface area contributed by atoms with E-state index in [1.807, 2.05) is 19.0 Å². The van der Waals surface area contributed by atoms with Crippen LogP contribution in [0.3, 0.4) is 0 Å². The Morgan fingerprint density at radius 1 is 1.33 bits per heavy atom. The standard InChI is InChI=1S/C13H24BrN3O2S2/c1-4-6-15-10-11-9-12(13(14)20-11)21(18,19)16-7-5-8-17(2)3/h9,15-16H,4-8,10H2,1-3H3. The number of hydrogen-bond donors (Lipinski definition) is 2. The summed E-state index contributed by atoms with van der Waals surface area (Å²) in [6.45, 7) is 5.05. The van der Waals surface area contributed by atoms with E-state index in [0.717, 1.165) is 30.8 Å². The number of halogens is 1. The van der Waals surface area contributed by atoms with Crippen molar-refractivity contribution >= 4 is 37.3 Å². The van der Waals surface area contributed by atoms with E-state index in [1.54, 1.807) is 6.07 Å². The first-order valence-electron chi connectivity index (χ1n) is 7.00. The quantitative estimate of drug-likeness (QED) is 0.594. The zero-order valence-corrected chi connectivity index (χ0v) is 16.0. The van der Waals surface area contributed by atoms with Crippen molar-refractivity contribution in [2.45, 2.75) is 31.2 Å². The molecule has 0 bridgehead atoms. The zero-order chi connectivity index (χ0) is 15.9. The number of nitrogens with zero attached hydrogens (tertiary/aromatic N) is 1. The van der Waals surface area contributed by atoms with Crippen LogP contribution < -0.4 is 10.0 Å². The van der Waals surface area contributed by atoms with Crippen LogP contribution in [0.4, 0.5) is 0 Å². The Morgan fingerprint density at radius 3 is 2.67 bits per heavy atom. The van der Waals surface area contributed by atoms with Crippen molar-refractivity contribution in [1.29, 1.82) is 0 Å². The van der Waals surface area contributed by atoms with Crippen molar-refractivity contribution < 1.29 is 8.42 Å². The van der Waals surface area contributed by atoms with Gasteiger partial charge in [-0.3, -0.25) is 0 Å². The summed E-state index contributed by atoms with van der Waals surface area (Å²) in [5.74, 6) is 0. The number of rotatable bonds is 10. The predicted octanol–water partition coefficient (Wildman–Crippen LogP) is 2.24. The van der Waals surface area contributed by atoms with Crippen LogP contribution in [0, 0.1) is 0 Å². The Kier molecular flexibility index (Phi) is 8.36. The van der Waals surface area contributed by atoms with Crippen LogP contribution in [0.25, 0.3) is 0 Å². The van der Waals surface area contributed by atoms with Gasteiger partial charge in [0.25, 0.3) is 0 Å². The van der Waals surface area contributed by atoms with Crippen LogP contribution in [0.2, 0.25) is 0 Å². The molecule has 0 spiro atoms. The highest BCUT2D eigenvalue weighted by Gasteiger charge is 2.20. The highest BCUT2D eigenvalue weighted by atomic mass is 79.9. The first kappa shape index (κ1) is 19.1. The van der Waals surface area contributed by atoms with Gasteiger partial charge in [0.1, 0.15) is 4.90 Å². The first-order valence-corrected chi connectivity index (χ1v) is 10.1. The fourth-order valence-electron chi connectivity index (χ4n) is 1.74. The van der Waals surface area contributed by atoms with E-state index in [9.17, 15) is 8.42 Å². The topological polar surface area (TPSA) is 61.4 Å². The van der Waals surface area contributed by atoms with Gasteiger partial charge >= 0.3 is 0 Å². The molecule has 1 aromatic rings. The minimum atomic E-state index is -3.43. The van der Waals surface area contributed by atoms with Crippen molar-refractivity contribution in [3.63, 3.8) is 0 Å². The highest BCUT2D eigenvalue weighted by molar-refractivity contribution is 9.11. The smallest absolute Gasteiger partial charge is 0.242 e. The molecule has 8 heteroatoms. The third-order valence-electron chi connectivity index (χ3n) is 2.80. The summed E-state index contributed by atoms with van der Waals surface area (Å²) >= 11 is 4.82. The van der Waals surface area contributed by atoms with Crippen LogP contribution in [0.5, 0.6) is 0 Å². The molecule has 0 aromatic carbocycles. The maximum atomic E-state index is 12.3. The Labute approximate surface area is 140 Å². The average Bonchev–Trinajstić information content (AvgIpc) is 2.77. The SMILES string of the molecule is CCCNCc1cc(S(=O)(=O)NCCCN(C)C)c(Br)s1. The molecular weight excluding hydrogens is 374 g/mol. The Hall–Kier alpha value is 0.01000. The molecule has 0 atom stereocenters. The lowest BCUT2D eigenvalue weighted by atomic mass is 10.4. The molecule has 0 unspecified atom stereocenters. The van der Waals surface area contributed by atoms with Gasteiger partial charge in [-0.1, -0.05) is 6.92 Å². The molecule has 0 fully saturated rings. The average molecular weight is 398 g/mol. The lowest BCUT2D eigenvalue weighted by Gasteiger charge is -2.10. The fraction of sp³-hybridized carbons (Fsp3) is 0.692. The van der Waals surface area contributed by atoms with Gasteiger partial charge in [-0.25, -0.2) is 13.1 Å². The van der Waals surface area contributed by atoms with Gasteiger partial charge in [0.15, 0.2) is 0 Å². The molecule has 122 valence electrons. The fourth-order valence-corrected chi connectivity index (χ4v) is 5.46. The minimum absolute atomic E-state index is 0.339. The van der Waals surface area contributed by atoms with Gasteiger partial charge in [-0.2, -0.15) is 0 Å². The molecule has 0 saturated heterocycles. The maximum absolute atomic E-state index is 12.3. The second kappa shape index (κ2) is 9.22. The third kappa shape index (κ3) is 6.75. The predicted molar refractivity (Wildman–Crippen MR) is 92.4 cm³/mol. The molecule has 0 radical (unpaired) electrons. The summed E-state index contributed by atoms with van der Waals surface area (Å²) in [5.41, 5.74) is 0. The summed E-state index contributed by atoms with van der Waals surface area (Å²) in [6, 6.07) is 1.74. The number of nitrogens with one attached hydrogen (secondary N) is 2. The molecule has 0 aliphatic rings. The molecule has 0 saturated carbocycles. The van der Waals surface area contributed by atoms with E-state index in [0.29, 0.717) is 21.8 Å². The first-order chi connectivity index (χ1) is 9.86. The summed E-state index contributed by atoms with van der Waals surface area (Å²) in [7, 11) is 0.512. The minimum Gasteiger partial charge on any atom is -0.312 e. The van der Waals surface area contributed by atoms with Crippen molar-refractivity contribution in [2.24, 2.45) is 0 Å². The van der Waals surface area contributed by atoms with Crippen LogP contribution in [0.1, 0.15) is 24.6 Å². The Bertz CT molecular complexity index is 530. The summed E-state index contributed by atoms with van der Waals surface area (Å²) < 4.78 is 27.9. The molecule has 0 aliphatic carbocycles. The number of hydrogen-bond acceptors (Lipinski definition) is 5. The van der Waals surface area contributed by atoms with Crippen LogP contribution in [-0.4, -0.2) is 47.0 Å². The summed E-state index contributed by atoms with van der Waals surface area (Å²) in [4.78, 5) is 3.39. The van der Waals surface area contributed by atoms with Gasteiger partial charge < -0.3 is 10.2 Å². The van der Waals surface area contributed by atoms with Gasteiger partial charge in [-0.15, -0.1) is 11.3 Å². The van der Waals surface area contributed by atoms with E-state index >= 15 is 0 Å². The molecular formula is C13H24BrN3O2S2. The molecule has 1 heterocycles. The second-order valence-electron chi connectivity index (χ2n) is 5.08. The van der Waals surface area contributed by atoms with Crippen molar-refractivity contribution in [3.05, 3.63) is 14.7 Å². The Morgan fingerprint density at radius 2 is 2.05 bits per heavy atom. The van der Waals surface area contributed by atoms with Crippen molar-refractivity contribution in [2.75, 3.05) is 33.7 Å². The normalized spacial score (nSPS) is 12.2. The van der Waals surface area contributed by atoms with E-state index in [-0.39, 0.29) is 0 Å². The third-order valence-corrected chi connectivity index (χ3v) is 6.51. The van der Waals surface area contributed by atoms with Gasteiger partial charge in [-0.05, 0) is 62.0 Å². The number of sulfonamides is 1. The second-order valence-corrected chi connectivity index (χ2v) is 9.27. The van der Waals surface area contributed by atoms with E-state index in [2.05, 4.69) is 32.9 Å². The highest BCUT2D eigenvalue weighted by Crippen LogP contribution is 2.31. The van der Waals surface area contributed by atoms with Gasteiger partial charge in [0, 0.05) is 18.0 Å². The maximum Gasteiger partial charge on any atom is 0.242 e. The lowest BCUT2D eigenvalue weighted by molar-refractivity contribution is 0.400. The van der Waals surface area contributed by atoms with Crippen LogP contribution in [-0.2, 0) is 16.6 Å². The van der Waals surface area contributed by atoms with E-state index in [4.69, 9.17) is 0 Å². The molecule has 0 aliphatic heterocycles. The molecule has 1 rings (SSSR count). The molecule has 5 nitrogen and oxygen atoms in total. The van der Waals surface area contributed by atoms with E-state index < -0.39 is 10.0 Å². The molecule has 2 N–H and O–H groups in total. The lowest BCUT2D eigenvalue weighted by Crippen LogP contribution is -2.27. The molecule has 0 amide bonds. The van der Waals surface area contributed by atoms with Gasteiger partial charge in [0.2, 0.25) is 10.0 Å². The van der Waals surface area contributed by atoms with Crippen molar-refractivity contribution in [3.8, 4) is 0 Å². The summed E-state index contributed by atoms with van der Waals surface area (Å²) in [5, 5.41) is 3.28. The van der Waals surface area contributed by atoms with Crippen molar-refractivity contribution in [1.82, 2.24) is 14.9 Å². The molecule has 21 heavy (non-hydrogen) atoms. The van der Waals surface area contributed by atoms with Gasteiger partial charge in [0.05, 0.1) is 3.79 Å². The Balaban J connectivity index is 2.61. The zero-order valence-electron chi connectivity index (χ0n) is 12.8. The summed E-state index contributed by atoms with van der Waals surface area (Å²) in [6.07, 6.45) is 1.85. The van der Waals surface area contributed by atoms with E-state index in [1.165, 1.54) is 11.3 Å². The largest absolute Gasteiger partial charge is 0.312 e. The van der Waals surface area contributed by atoms with Crippen LogP contribution in [0.15, 0.2) is 14.7 Å². The molecule has 1 aromatic heterocycles. The monoisotopic (exact) mass is 397 g/mol. The number of thiophene rings is 1.